The second-order valence-electron chi connectivity index (χ2n) is 21.5. The zero-order valence-corrected chi connectivity index (χ0v) is 44.8. The predicted octanol–water partition coefficient (Wildman–Crippen LogP) is 21.5. The van der Waals surface area contributed by atoms with Crippen molar-refractivity contribution in [2.45, 2.75) is 5.41 Å². The number of rotatable bonds is 10. The minimum Gasteiger partial charge on any atom is -0.456 e. The van der Waals surface area contributed by atoms with Gasteiger partial charge in [0.15, 0.2) is 0 Å². The zero-order valence-electron chi connectivity index (χ0n) is 44.8. The van der Waals surface area contributed by atoms with Crippen molar-refractivity contribution in [1.82, 2.24) is 0 Å². The smallest absolute Gasteiger partial charge is 0.137 e. The molecule has 16 rings (SSSR count). The molecule has 2 aliphatic carbocycles. The average Bonchev–Trinajstić information content (AvgIpc) is 2.23. The van der Waals surface area contributed by atoms with Gasteiger partial charge in [-0.05, 0) is 157 Å². The van der Waals surface area contributed by atoms with Crippen molar-refractivity contribution in [1.29, 1.82) is 0 Å². The van der Waals surface area contributed by atoms with E-state index >= 15 is 0 Å². The first-order valence-corrected chi connectivity index (χ1v) is 28.2. The van der Waals surface area contributed by atoms with Gasteiger partial charge in [-0.15, -0.1) is 0 Å². The van der Waals surface area contributed by atoms with Gasteiger partial charge in [-0.3, -0.25) is 0 Å². The maximum atomic E-state index is 6.69. The molecule has 0 amide bonds. The molecule has 1 heterocycles. The summed E-state index contributed by atoms with van der Waals surface area (Å²) in [6.07, 6.45) is 0. The van der Waals surface area contributed by atoms with E-state index in [-0.39, 0.29) is 0 Å². The monoisotopic (exact) mass is 1040 g/mol. The van der Waals surface area contributed by atoms with Crippen LogP contribution in [0.1, 0.15) is 22.3 Å². The topological polar surface area (TPSA) is 19.6 Å². The Morgan fingerprint density at radius 2 is 0.585 bits per heavy atom. The molecule has 1 aromatic heterocycles. The van der Waals surface area contributed by atoms with E-state index in [0.717, 1.165) is 78.3 Å². The van der Waals surface area contributed by atoms with Crippen LogP contribution in [0.5, 0.6) is 0 Å². The fourth-order valence-electron chi connectivity index (χ4n) is 13.4. The first-order chi connectivity index (χ1) is 40.7. The van der Waals surface area contributed by atoms with Crippen LogP contribution in [0.2, 0.25) is 0 Å². The number of anilines is 6. The van der Waals surface area contributed by atoms with Gasteiger partial charge in [0.25, 0.3) is 0 Å². The molecule has 3 heteroatoms. The van der Waals surface area contributed by atoms with Crippen LogP contribution < -0.4 is 9.80 Å². The molecule has 2 aliphatic rings. The van der Waals surface area contributed by atoms with E-state index in [1.54, 1.807) is 0 Å². The molecule has 0 saturated heterocycles. The molecule has 3 nitrogen and oxygen atoms in total. The molecule has 1 atom stereocenters. The molecule has 1 spiro atoms. The second-order valence-corrected chi connectivity index (χ2v) is 21.5. The molecule has 82 heavy (non-hydrogen) atoms. The predicted molar refractivity (Wildman–Crippen MR) is 341 cm³/mol. The lowest BCUT2D eigenvalue weighted by Crippen LogP contribution is -2.27. The Morgan fingerprint density at radius 3 is 1.06 bits per heavy atom. The molecule has 13 aromatic carbocycles. The summed E-state index contributed by atoms with van der Waals surface area (Å²) in [6, 6.07) is 116. The molecule has 0 bridgehead atoms. The molecule has 0 radical (unpaired) electrons. The lowest BCUT2D eigenvalue weighted by molar-refractivity contribution is 0.669. The molecule has 0 fully saturated rings. The number of hydrogen-bond acceptors (Lipinski definition) is 3. The third kappa shape index (κ3) is 7.51. The van der Waals surface area contributed by atoms with E-state index in [4.69, 9.17) is 4.42 Å². The quantitative estimate of drug-likeness (QED) is 0.136. The minimum absolute atomic E-state index is 0.725. The highest BCUT2D eigenvalue weighted by atomic mass is 16.3. The fraction of sp³-hybridized carbons (Fsp3) is 0.0127. The van der Waals surface area contributed by atoms with E-state index in [9.17, 15) is 0 Å². The molecular formula is C79H52N2O. The summed E-state index contributed by atoms with van der Waals surface area (Å²) in [5.74, 6) is 0. The standard InChI is InChI=1S/C79H52N2O/c1-6-22-53(23-7-1)55-38-42-57(43-39-55)67-49-69-63-32-16-19-35-71(63)79(73(69)51-75(67)80(59-26-10-3-11-27-59)60-28-12-4-13-29-60)72-36-20-17-33-64(72)70-50-68(58-44-40-56(41-45-58)54-24-8-2-9-25-54)76(52-74(70)79)81(61-30-14-5-15-31-61)62-46-47-66-65-34-18-21-37-77(65)82-78(66)48-62/h1-52H. The van der Waals surface area contributed by atoms with Crippen molar-refractivity contribution in [3.63, 3.8) is 0 Å². The maximum Gasteiger partial charge on any atom is 0.137 e. The van der Waals surface area contributed by atoms with Crippen LogP contribution in [0, 0.1) is 0 Å². The summed E-state index contributed by atoms with van der Waals surface area (Å²) < 4.78 is 6.69. The van der Waals surface area contributed by atoms with Crippen LogP contribution in [-0.2, 0) is 5.41 Å². The first-order valence-electron chi connectivity index (χ1n) is 28.2. The highest BCUT2D eigenvalue weighted by Crippen LogP contribution is 2.66. The van der Waals surface area contributed by atoms with Gasteiger partial charge in [-0.25, -0.2) is 0 Å². The maximum absolute atomic E-state index is 6.69. The lowest BCUT2D eigenvalue weighted by Gasteiger charge is -2.34. The Kier molecular flexibility index (Phi) is 11.1. The zero-order chi connectivity index (χ0) is 54.1. The second kappa shape index (κ2) is 19.3. The van der Waals surface area contributed by atoms with Crippen molar-refractivity contribution in [3.8, 4) is 66.8 Å². The molecular weight excluding hydrogens is 993 g/mol. The molecule has 1 unspecified atom stereocenters. The van der Waals surface area contributed by atoms with E-state index in [1.807, 2.05) is 6.07 Å². The van der Waals surface area contributed by atoms with E-state index in [1.165, 1.54) is 66.8 Å². The number of para-hydroxylation sites is 4. The van der Waals surface area contributed by atoms with E-state index in [0.29, 0.717) is 0 Å². The van der Waals surface area contributed by atoms with E-state index < -0.39 is 5.41 Å². The normalized spacial score (nSPS) is 13.7. The van der Waals surface area contributed by atoms with Gasteiger partial charge in [-0.1, -0.05) is 231 Å². The Morgan fingerprint density at radius 1 is 0.220 bits per heavy atom. The Bertz CT molecular complexity index is 4660. The Hall–Kier alpha value is -10.7. The van der Waals surface area contributed by atoms with Crippen LogP contribution in [0.25, 0.3) is 88.7 Å². The number of nitrogens with zero attached hydrogens (tertiary/aromatic N) is 2. The molecule has 384 valence electrons. The number of hydrogen-bond donors (Lipinski definition) is 0. The molecule has 14 aromatic rings. The highest BCUT2D eigenvalue weighted by molar-refractivity contribution is 6.07. The summed E-state index contributed by atoms with van der Waals surface area (Å²) in [7, 11) is 0. The summed E-state index contributed by atoms with van der Waals surface area (Å²) >= 11 is 0. The summed E-state index contributed by atoms with van der Waals surface area (Å²) in [5, 5.41) is 2.20. The Labute approximate surface area is 477 Å². The summed E-state index contributed by atoms with van der Waals surface area (Å²) in [5.41, 5.74) is 26.6. The van der Waals surface area contributed by atoms with Gasteiger partial charge >= 0.3 is 0 Å². The van der Waals surface area contributed by atoms with Gasteiger partial charge in [0, 0.05) is 50.7 Å². The van der Waals surface area contributed by atoms with Crippen LogP contribution in [0.4, 0.5) is 34.1 Å². The lowest BCUT2D eigenvalue weighted by atomic mass is 9.70. The van der Waals surface area contributed by atoms with Gasteiger partial charge in [0.1, 0.15) is 11.2 Å². The SMILES string of the molecule is c1ccc(-c2ccc(-c3cc4c(cc3N(c3ccccc3)c3ccccc3)C3(c5ccccc5-4)c4ccccc4-c4cc(-c5ccc(-c6ccccc6)cc5)c(N(c5ccccc5)c5ccc6c(c5)oc5ccccc56)cc43)cc2)cc1. The van der Waals surface area contributed by atoms with Crippen molar-refractivity contribution in [3.05, 3.63) is 338 Å². The van der Waals surface area contributed by atoms with Crippen LogP contribution >= 0.6 is 0 Å². The van der Waals surface area contributed by atoms with Crippen molar-refractivity contribution >= 4 is 56.1 Å². The van der Waals surface area contributed by atoms with Gasteiger partial charge < -0.3 is 14.2 Å². The summed E-state index contributed by atoms with van der Waals surface area (Å²) in [6.45, 7) is 0. The molecule has 0 N–H and O–H groups in total. The highest BCUT2D eigenvalue weighted by Gasteiger charge is 2.53. The molecule has 0 saturated carbocycles. The van der Waals surface area contributed by atoms with E-state index in [2.05, 4.69) is 319 Å². The van der Waals surface area contributed by atoms with Crippen molar-refractivity contribution in [2.75, 3.05) is 9.80 Å². The minimum atomic E-state index is -0.725. The van der Waals surface area contributed by atoms with Gasteiger partial charge in [0.05, 0.1) is 16.8 Å². The largest absolute Gasteiger partial charge is 0.456 e. The average molecular weight is 1050 g/mol. The fourth-order valence-corrected chi connectivity index (χ4v) is 13.4. The van der Waals surface area contributed by atoms with Crippen LogP contribution in [-0.4, -0.2) is 0 Å². The third-order valence-corrected chi connectivity index (χ3v) is 17.1. The number of benzene rings is 13. The van der Waals surface area contributed by atoms with Gasteiger partial charge in [-0.2, -0.15) is 0 Å². The summed E-state index contributed by atoms with van der Waals surface area (Å²) in [4.78, 5) is 4.91. The Balaban J connectivity index is 0.996. The van der Waals surface area contributed by atoms with Crippen molar-refractivity contribution < 1.29 is 4.42 Å². The van der Waals surface area contributed by atoms with Gasteiger partial charge in [0.2, 0.25) is 0 Å². The van der Waals surface area contributed by atoms with Crippen molar-refractivity contribution in [2.24, 2.45) is 0 Å². The number of furan rings is 1. The first kappa shape index (κ1) is 47.3. The van der Waals surface area contributed by atoms with Crippen LogP contribution in [0.3, 0.4) is 0 Å². The third-order valence-electron chi connectivity index (χ3n) is 17.1. The number of fused-ring (bicyclic) bond motifs is 13. The molecule has 0 aliphatic heterocycles. The van der Waals surface area contributed by atoms with Crippen LogP contribution in [0.15, 0.2) is 320 Å².